The first-order valence-corrected chi connectivity index (χ1v) is 14.3. The lowest BCUT2D eigenvalue weighted by Gasteiger charge is -2.43. The molecule has 0 fully saturated rings. The Hall–Kier alpha value is -3.96. The molecule has 0 radical (unpaired) electrons. The second-order valence-electron chi connectivity index (χ2n) is 12.3. The maximum absolute atomic E-state index is 15.3. The Balaban J connectivity index is 2.29. The topological polar surface area (TPSA) is 20.3 Å². The van der Waals surface area contributed by atoms with Gasteiger partial charge in [-0.1, -0.05) is 30.3 Å². The molecule has 2 aromatic carbocycles. The number of benzene rings is 2. The first kappa shape index (κ1) is 45.4. The van der Waals surface area contributed by atoms with Gasteiger partial charge in [-0.15, -0.1) is 0 Å². The van der Waals surface area contributed by atoms with E-state index in [4.69, 9.17) is 0 Å². The predicted octanol–water partition coefficient (Wildman–Crippen LogP) is 11.9. The molecule has 2 nitrogen and oxygen atoms in total. The summed E-state index contributed by atoms with van der Waals surface area (Å²) in [4.78, 5) is 13.7. The Morgan fingerprint density at radius 1 is 0.545 bits per heavy atom. The lowest BCUT2D eigenvalue weighted by atomic mass is 9.75. The first-order valence-electron chi connectivity index (χ1n) is 14.3. The Morgan fingerprint density at radius 3 is 1.31 bits per heavy atom. The number of halogens is 23. The van der Waals surface area contributed by atoms with E-state index >= 15 is 8.78 Å². The van der Waals surface area contributed by atoms with E-state index in [1.807, 2.05) is 0 Å². The largest absolute Gasteiger partial charge is 0.460 e. The van der Waals surface area contributed by atoms with Crippen molar-refractivity contribution < 1.29 is 106 Å². The van der Waals surface area contributed by atoms with Crippen LogP contribution in [0.4, 0.5) is 101 Å². The van der Waals surface area contributed by atoms with E-state index in [0.29, 0.717) is 6.92 Å². The SMILES string of the molecule is CC1=C(c2cc(C(F)(F)F)cc(C(F)(F)F)c2)N(Cc2ccccc2)C(=O)C1(C)CC(F)(F)C(F)(F)C(F)(F)C(F)(F)C(F)(F)C(F)(F)C(F)(F)C(F)(F)F. The number of amides is 1. The molecule has 1 unspecified atom stereocenters. The van der Waals surface area contributed by atoms with Gasteiger partial charge in [-0.2, -0.15) is 101 Å². The summed E-state index contributed by atoms with van der Waals surface area (Å²) in [6.07, 6.45) is -22.6. The summed E-state index contributed by atoms with van der Waals surface area (Å²) in [6, 6.07) is 5.19. The molecular formula is C30H18F23NO. The molecular weight excluding hydrogens is 827 g/mol. The van der Waals surface area contributed by atoms with Crippen molar-refractivity contribution in [2.75, 3.05) is 0 Å². The summed E-state index contributed by atoms with van der Waals surface area (Å²) in [6.45, 7) is -0.605. The van der Waals surface area contributed by atoms with Gasteiger partial charge in [0.15, 0.2) is 0 Å². The number of hydrogen-bond donors (Lipinski definition) is 0. The van der Waals surface area contributed by atoms with Gasteiger partial charge >= 0.3 is 60.0 Å². The highest BCUT2D eigenvalue weighted by atomic mass is 19.4. The third-order valence-corrected chi connectivity index (χ3v) is 8.58. The van der Waals surface area contributed by atoms with Gasteiger partial charge in [0.25, 0.3) is 0 Å². The molecule has 1 atom stereocenters. The molecule has 1 heterocycles. The van der Waals surface area contributed by atoms with Crippen LogP contribution in [0.2, 0.25) is 0 Å². The van der Waals surface area contributed by atoms with Crippen LogP contribution in [-0.2, 0) is 23.7 Å². The number of alkyl halides is 23. The summed E-state index contributed by atoms with van der Waals surface area (Å²) in [5.74, 6) is -61.1. The second kappa shape index (κ2) is 13.0. The van der Waals surface area contributed by atoms with Crippen molar-refractivity contribution in [3.05, 3.63) is 76.4 Å². The van der Waals surface area contributed by atoms with Crippen molar-refractivity contribution in [1.82, 2.24) is 4.90 Å². The minimum absolute atomic E-state index is 0.0703. The van der Waals surface area contributed by atoms with Gasteiger partial charge in [0.1, 0.15) is 0 Å². The standard InChI is InChI=1S/C30H18F23NO/c1-13-18(15-8-16(22(33,34)35)10-17(9-15)23(36,37)38)54(11-14-6-4-3-5-7-14)19(55)20(13,2)12-21(31,32)24(39,40)25(41,42)26(43,44)27(45,46)28(47,48)29(49,50)30(51,52)53/h3-10H,11-12H2,1-2H3. The maximum Gasteiger partial charge on any atom is 0.460 e. The summed E-state index contributed by atoms with van der Waals surface area (Å²) in [5, 5.41) is 0. The van der Waals surface area contributed by atoms with Gasteiger partial charge in [-0.3, -0.25) is 4.79 Å². The summed E-state index contributed by atoms with van der Waals surface area (Å²) in [5.41, 5.74) is -11.9. The minimum Gasteiger partial charge on any atom is -0.307 e. The normalized spacial score (nSPS) is 19.1. The molecule has 0 N–H and O–H groups in total. The van der Waals surface area contributed by atoms with E-state index in [1.54, 1.807) is 0 Å². The molecule has 55 heavy (non-hydrogen) atoms. The van der Waals surface area contributed by atoms with Crippen LogP contribution in [0.5, 0.6) is 0 Å². The molecule has 2 aromatic rings. The van der Waals surface area contributed by atoms with Crippen LogP contribution < -0.4 is 0 Å². The van der Waals surface area contributed by atoms with Crippen molar-refractivity contribution in [1.29, 1.82) is 0 Å². The van der Waals surface area contributed by atoms with Crippen molar-refractivity contribution in [3.63, 3.8) is 0 Å². The molecule has 3 rings (SSSR count). The predicted molar refractivity (Wildman–Crippen MR) is 139 cm³/mol. The zero-order valence-corrected chi connectivity index (χ0v) is 26.6. The van der Waals surface area contributed by atoms with Gasteiger partial charge in [-0.25, -0.2) is 0 Å². The van der Waals surface area contributed by atoms with Crippen LogP contribution in [0.3, 0.4) is 0 Å². The molecule has 1 aliphatic heterocycles. The fourth-order valence-corrected chi connectivity index (χ4v) is 5.36. The Bertz CT molecular complexity index is 1770. The van der Waals surface area contributed by atoms with Gasteiger partial charge in [-0.05, 0) is 48.7 Å². The Kier molecular flexibility index (Phi) is 10.8. The third-order valence-electron chi connectivity index (χ3n) is 8.58. The van der Waals surface area contributed by atoms with Crippen molar-refractivity contribution in [2.45, 2.75) is 86.8 Å². The summed E-state index contributed by atoms with van der Waals surface area (Å²) >= 11 is 0. The lowest BCUT2D eigenvalue weighted by Crippen LogP contribution is -2.74. The van der Waals surface area contributed by atoms with Crippen LogP contribution in [0.15, 0.2) is 54.1 Å². The van der Waals surface area contributed by atoms with Crippen LogP contribution in [0, 0.1) is 5.41 Å². The molecule has 0 spiro atoms. The molecule has 1 amide bonds. The number of nitrogens with zero attached hydrogens (tertiary/aromatic N) is 1. The average molecular weight is 845 g/mol. The summed E-state index contributed by atoms with van der Waals surface area (Å²) < 4.78 is 319. The van der Waals surface area contributed by atoms with Gasteiger partial charge in [0.05, 0.1) is 28.8 Å². The van der Waals surface area contributed by atoms with E-state index in [1.165, 1.54) is 18.2 Å². The second-order valence-corrected chi connectivity index (χ2v) is 12.3. The van der Waals surface area contributed by atoms with Crippen molar-refractivity contribution in [2.24, 2.45) is 5.41 Å². The molecule has 25 heteroatoms. The van der Waals surface area contributed by atoms with Gasteiger partial charge < -0.3 is 4.90 Å². The van der Waals surface area contributed by atoms with E-state index < -0.39 is 118 Å². The fourth-order valence-electron chi connectivity index (χ4n) is 5.36. The molecule has 310 valence electrons. The molecule has 0 saturated heterocycles. The quantitative estimate of drug-likeness (QED) is 0.206. The van der Waals surface area contributed by atoms with Crippen molar-refractivity contribution in [3.8, 4) is 0 Å². The zero-order chi connectivity index (χ0) is 43.2. The minimum atomic E-state index is -8.93. The number of carbonyl (C=O) groups excluding carboxylic acids is 1. The highest BCUT2D eigenvalue weighted by Crippen LogP contribution is 2.65. The van der Waals surface area contributed by atoms with E-state index in [-0.39, 0.29) is 29.5 Å². The lowest BCUT2D eigenvalue weighted by molar-refractivity contribution is -0.462. The van der Waals surface area contributed by atoms with E-state index in [2.05, 4.69) is 0 Å². The van der Waals surface area contributed by atoms with Gasteiger partial charge in [0, 0.05) is 6.42 Å². The monoisotopic (exact) mass is 845 g/mol. The smallest absolute Gasteiger partial charge is 0.307 e. The van der Waals surface area contributed by atoms with Crippen LogP contribution in [0.1, 0.15) is 42.5 Å². The highest BCUT2D eigenvalue weighted by Gasteiger charge is 2.95. The summed E-state index contributed by atoms with van der Waals surface area (Å²) in [7, 11) is 0. The average Bonchev–Trinajstić information content (AvgIpc) is 3.18. The third kappa shape index (κ3) is 6.94. The molecule has 0 bridgehead atoms. The zero-order valence-electron chi connectivity index (χ0n) is 26.6. The first-order chi connectivity index (χ1) is 24.2. The Labute approximate surface area is 291 Å². The number of rotatable bonds is 11. The maximum atomic E-state index is 15.3. The van der Waals surface area contributed by atoms with E-state index in [0.717, 1.165) is 12.1 Å². The fraction of sp³-hybridized carbons (Fsp3) is 0.500. The molecule has 0 saturated carbocycles. The molecule has 1 aliphatic rings. The highest BCUT2D eigenvalue weighted by molar-refractivity contribution is 6.00. The van der Waals surface area contributed by atoms with Crippen molar-refractivity contribution >= 4 is 11.6 Å². The van der Waals surface area contributed by atoms with Crippen LogP contribution >= 0.6 is 0 Å². The van der Waals surface area contributed by atoms with Crippen LogP contribution in [0.25, 0.3) is 5.70 Å². The number of carbonyl (C=O) groups is 1. The molecule has 0 aromatic heterocycles. The van der Waals surface area contributed by atoms with Gasteiger partial charge in [0.2, 0.25) is 5.91 Å². The Morgan fingerprint density at radius 2 is 0.927 bits per heavy atom. The number of hydrogen-bond acceptors (Lipinski definition) is 1. The van der Waals surface area contributed by atoms with E-state index in [9.17, 15) is 97.0 Å². The molecule has 0 aliphatic carbocycles. The van der Waals surface area contributed by atoms with Crippen LogP contribution in [-0.4, -0.2) is 58.4 Å².